The lowest BCUT2D eigenvalue weighted by atomic mass is 10.1. The fourth-order valence-electron chi connectivity index (χ4n) is 2.38. The number of hydrogen-bond acceptors (Lipinski definition) is 4. The highest BCUT2D eigenvalue weighted by atomic mass is 32.2. The maximum Gasteiger partial charge on any atom is 0.270 e. The Kier molecular flexibility index (Phi) is 5.66. The molecule has 8 heteroatoms. The molecule has 0 heterocycles. The van der Waals surface area contributed by atoms with Gasteiger partial charge in [0.2, 0.25) is 10.0 Å². The van der Waals surface area contributed by atoms with Crippen LogP contribution in [0.5, 0.6) is 0 Å². The van der Waals surface area contributed by atoms with Gasteiger partial charge in [0.25, 0.3) is 5.69 Å². The summed E-state index contributed by atoms with van der Waals surface area (Å²) < 4.78 is 27.4. The van der Waals surface area contributed by atoms with Crippen molar-refractivity contribution in [3.05, 3.63) is 70.3 Å². The molecule has 0 radical (unpaired) electrons. The third-order valence-electron chi connectivity index (χ3n) is 3.72. The number of likely N-dealkylation sites (N-methyl/N-ethyl adjacent to an activating group) is 1. The molecule has 0 aliphatic rings. The van der Waals surface area contributed by atoms with Crippen LogP contribution < -0.4 is 9.62 Å². The van der Waals surface area contributed by atoms with E-state index in [1.165, 1.54) is 18.2 Å². The van der Waals surface area contributed by atoms with Crippen LogP contribution in [-0.4, -0.2) is 34.0 Å². The summed E-state index contributed by atoms with van der Waals surface area (Å²) >= 11 is 0. The summed E-state index contributed by atoms with van der Waals surface area (Å²) in [5.74, 6) is 0. The third kappa shape index (κ3) is 4.38. The zero-order chi connectivity index (χ0) is 17.7. The van der Waals surface area contributed by atoms with Crippen molar-refractivity contribution in [1.29, 1.82) is 0 Å². The lowest BCUT2D eigenvalue weighted by molar-refractivity contribution is -0.890. The first kappa shape index (κ1) is 18.1. The smallest absolute Gasteiger partial charge is 0.270 e. The van der Waals surface area contributed by atoms with Crippen molar-refractivity contribution < 1.29 is 18.2 Å². The van der Waals surface area contributed by atoms with Crippen LogP contribution in [0.2, 0.25) is 0 Å². The predicted molar refractivity (Wildman–Crippen MR) is 90.3 cm³/mol. The van der Waals surface area contributed by atoms with E-state index in [0.29, 0.717) is 0 Å². The summed E-state index contributed by atoms with van der Waals surface area (Å²) in [7, 11) is 0.0669. The van der Waals surface area contributed by atoms with Gasteiger partial charge in [-0.3, -0.25) is 10.1 Å². The number of sulfonamides is 1. The molecule has 1 atom stereocenters. The summed E-state index contributed by atoms with van der Waals surface area (Å²) in [6.07, 6.45) is 0. The first-order chi connectivity index (χ1) is 11.3. The molecular weight excluding hydrogens is 330 g/mol. The zero-order valence-electron chi connectivity index (χ0n) is 13.5. The van der Waals surface area contributed by atoms with E-state index in [0.717, 1.165) is 16.5 Å². The van der Waals surface area contributed by atoms with Crippen LogP contribution in [0.4, 0.5) is 5.69 Å². The standard InChI is InChI=1S/C16H19N3O4S/c1-18(2)16(13-7-4-3-5-8-13)12-17-24(22,23)15-10-6-9-14(11-15)19(20)21/h3-11,16-17H,12H2,1-2H3/p+1/t16-/m1/s1. The molecule has 0 aliphatic carbocycles. The van der Waals surface area contributed by atoms with Gasteiger partial charge in [0.15, 0.2) is 0 Å². The quantitative estimate of drug-likeness (QED) is 0.569. The van der Waals surface area contributed by atoms with Gasteiger partial charge in [-0.2, -0.15) is 0 Å². The molecule has 2 aromatic carbocycles. The van der Waals surface area contributed by atoms with Crippen molar-refractivity contribution in [2.75, 3.05) is 20.6 Å². The minimum atomic E-state index is -3.82. The normalized spacial score (nSPS) is 13.0. The number of benzene rings is 2. The Morgan fingerprint density at radius 3 is 2.38 bits per heavy atom. The zero-order valence-corrected chi connectivity index (χ0v) is 14.3. The molecule has 0 amide bonds. The number of rotatable bonds is 7. The van der Waals surface area contributed by atoms with E-state index in [1.807, 2.05) is 44.4 Å². The highest BCUT2D eigenvalue weighted by molar-refractivity contribution is 7.89. The van der Waals surface area contributed by atoms with Gasteiger partial charge >= 0.3 is 0 Å². The minimum absolute atomic E-state index is 0.0697. The monoisotopic (exact) mass is 350 g/mol. The molecule has 0 aliphatic heterocycles. The van der Waals surface area contributed by atoms with Crippen molar-refractivity contribution in [2.45, 2.75) is 10.9 Å². The van der Waals surface area contributed by atoms with Gasteiger partial charge < -0.3 is 4.90 Å². The molecule has 0 fully saturated rings. The fraction of sp³-hybridized carbons (Fsp3) is 0.250. The van der Waals surface area contributed by atoms with Gasteiger partial charge in [0.1, 0.15) is 6.04 Å². The SMILES string of the molecule is C[NH+](C)[C@H](CNS(=O)(=O)c1cccc([N+](=O)[O-])c1)c1ccccc1. The Balaban J connectivity index is 2.19. The molecule has 0 aromatic heterocycles. The fourth-order valence-corrected chi connectivity index (χ4v) is 3.47. The number of nitro groups is 1. The molecule has 2 aromatic rings. The minimum Gasteiger partial charge on any atom is -0.333 e. The Bertz CT molecular complexity index is 807. The molecule has 128 valence electrons. The second-order valence-corrected chi connectivity index (χ2v) is 7.41. The van der Waals surface area contributed by atoms with Gasteiger partial charge in [-0.25, -0.2) is 13.1 Å². The number of nitro benzene ring substituents is 1. The maximum atomic E-state index is 12.4. The maximum absolute atomic E-state index is 12.4. The van der Waals surface area contributed by atoms with E-state index < -0.39 is 14.9 Å². The predicted octanol–water partition coefficient (Wildman–Crippen LogP) is 0.759. The molecule has 2 N–H and O–H groups in total. The van der Waals surface area contributed by atoms with Gasteiger partial charge in [0.05, 0.1) is 30.5 Å². The highest BCUT2D eigenvalue weighted by Crippen LogP contribution is 2.17. The van der Waals surface area contributed by atoms with Crippen molar-refractivity contribution >= 4 is 15.7 Å². The molecule has 0 spiro atoms. The summed E-state index contributed by atoms with van der Waals surface area (Å²) in [5.41, 5.74) is 0.759. The first-order valence-corrected chi connectivity index (χ1v) is 8.88. The van der Waals surface area contributed by atoms with E-state index in [-0.39, 0.29) is 23.2 Å². The molecule has 0 saturated carbocycles. The van der Waals surface area contributed by atoms with Crippen LogP contribution in [0, 0.1) is 10.1 Å². The number of nitrogens with one attached hydrogen (secondary N) is 2. The Labute approximate surface area is 141 Å². The highest BCUT2D eigenvalue weighted by Gasteiger charge is 2.23. The van der Waals surface area contributed by atoms with E-state index in [9.17, 15) is 18.5 Å². The second-order valence-electron chi connectivity index (χ2n) is 5.65. The molecule has 0 unspecified atom stereocenters. The topological polar surface area (TPSA) is 93.8 Å². The first-order valence-electron chi connectivity index (χ1n) is 7.40. The van der Waals surface area contributed by atoms with E-state index in [4.69, 9.17) is 0 Å². The molecule has 0 bridgehead atoms. The van der Waals surface area contributed by atoms with Crippen LogP contribution >= 0.6 is 0 Å². The summed E-state index contributed by atoms with van der Waals surface area (Å²) in [6, 6.07) is 14.5. The van der Waals surface area contributed by atoms with E-state index in [2.05, 4.69) is 4.72 Å². The van der Waals surface area contributed by atoms with Gasteiger partial charge in [-0.05, 0) is 6.07 Å². The largest absolute Gasteiger partial charge is 0.333 e. The van der Waals surface area contributed by atoms with Crippen molar-refractivity contribution in [1.82, 2.24) is 4.72 Å². The molecule has 7 nitrogen and oxygen atoms in total. The summed E-state index contributed by atoms with van der Waals surface area (Å²) in [5, 5.41) is 10.8. The van der Waals surface area contributed by atoms with Crippen LogP contribution in [-0.2, 0) is 10.0 Å². The number of hydrogen-bond donors (Lipinski definition) is 2. The molecule has 2 rings (SSSR count). The van der Waals surface area contributed by atoms with Crippen LogP contribution in [0.3, 0.4) is 0 Å². The Morgan fingerprint density at radius 2 is 1.79 bits per heavy atom. The number of non-ortho nitro benzene ring substituents is 1. The lowest BCUT2D eigenvalue weighted by Gasteiger charge is -2.22. The number of nitrogens with zero attached hydrogens (tertiary/aromatic N) is 1. The molecule has 0 saturated heterocycles. The molecule has 24 heavy (non-hydrogen) atoms. The van der Waals surface area contributed by atoms with Crippen molar-refractivity contribution in [2.24, 2.45) is 0 Å². The second kappa shape index (κ2) is 7.52. The van der Waals surface area contributed by atoms with E-state index in [1.54, 1.807) is 0 Å². The summed E-state index contributed by atoms with van der Waals surface area (Å²) in [6.45, 7) is 0.192. The van der Waals surface area contributed by atoms with Crippen LogP contribution in [0.15, 0.2) is 59.5 Å². The van der Waals surface area contributed by atoms with E-state index >= 15 is 0 Å². The Hall–Kier alpha value is -2.29. The van der Waals surface area contributed by atoms with Crippen molar-refractivity contribution in [3.8, 4) is 0 Å². The lowest BCUT2D eigenvalue weighted by Crippen LogP contribution is -3.07. The van der Waals surface area contributed by atoms with Gasteiger partial charge in [-0.1, -0.05) is 36.4 Å². The van der Waals surface area contributed by atoms with Gasteiger partial charge in [-0.15, -0.1) is 0 Å². The number of quaternary nitrogens is 1. The third-order valence-corrected chi connectivity index (χ3v) is 5.14. The van der Waals surface area contributed by atoms with Crippen molar-refractivity contribution in [3.63, 3.8) is 0 Å². The van der Waals surface area contributed by atoms with Crippen LogP contribution in [0.25, 0.3) is 0 Å². The molecular formula is C16H20N3O4S+. The average molecular weight is 350 g/mol. The van der Waals surface area contributed by atoms with Crippen LogP contribution in [0.1, 0.15) is 11.6 Å². The average Bonchev–Trinajstić information content (AvgIpc) is 2.55. The summed E-state index contributed by atoms with van der Waals surface area (Å²) in [4.78, 5) is 11.2. The Morgan fingerprint density at radius 1 is 1.12 bits per heavy atom. The van der Waals surface area contributed by atoms with Gasteiger partial charge in [0, 0.05) is 17.7 Å².